The fraction of sp³-hybridized carbons (Fsp3) is 0.667. The fourth-order valence-electron chi connectivity index (χ4n) is 2.39. The van der Waals surface area contributed by atoms with Crippen LogP contribution in [0.25, 0.3) is 0 Å². The summed E-state index contributed by atoms with van der Waals surface area (Å²) < 4.78 is 0. The maximum absolute atomic E-state index is 3.59. The molecule has 0 aliphatic carbocycles. The summed E-state index contributed by atoms with van der Waals surface area (Å²) >= 11 is 0. The van der Waals surface area contributed by atoms with Gasteiger partial charge in [0.05, 0.1) is 0 Å². The molecule has 0 atom stereocenters. The molecule has 0 spiro atoms. The predicted octanol–water partition coefficient (Wildman–Crippen LogP) is 4.51. The second-order valence-corrected chi connectivity index (χ2v) is 7.12. The van der Waals surface area contributed by atoms with Crippen LogP contribution in [0.4, 0.5) is 0 Å². The minimum Gasteiger partial charge on any atom is -0.316 e. The van der Waals surface area contributed by atoms with Crippen molar-refractivity contribution in [2.24, 2.45) is 11.3 Å². The van der Waals surface area contributed by atoms with Crippen molar-refractivity contribution in [2.45, 2.75) is 54.4 Å². The zero-order chi connectivity index (χ0) is 14.5. The standard InChI is InChI=1S/C18H31N/c1-14(2)12-19-13-18(5,6)10-9-17-8-7-15(3)11-16(17)4/h7-8,11,14,19H,9-10,12-13H2,1-6H3. The van der Waals surface area contributed by atoms with Gasteiger partial charge in [0.1, 0.15) is 0 Å². The van der Waals surface area contributed by atoms with Crippen molar-refractivity contribution in [3.05, 3.63) is 34.9 Å². The summed E-state index contributed by atoms with van der Waals surface area (Å²) in [5, 5.41) is 3.59. The number of rotatable bonds is 7. The van der Waals surface area contributed by atoms with Crippen molar-refractivity contribution in [1.29, 1.82) is 0 Å². The second-order valence-electron chi connectivity index (χ2n) is 7.12. The molecule has 0 saturated carbocycles. The highest BCUT2D eigenvalue weighted by Gasteiger charge is 2.17. The predicted molar refractivity (Wildman–Crippen MR) is 85.7 cm³/mol. The first-order valence-corrected chi connectivity index (χ1v) is 7.57. The lowest BCUT2D eigenvalue weighted by atomic mass is 9.85. The van der Waals surface area contributed by atoms with Gasteiger partial charge in [-0.1, -0.05) is 51.5 Å². The molecule has 0 aromatic heterocycles. The Hall–Kier alpha value is -0.820. The average molecular weight is 261 g/mol. The van der Waals surface area contributed by atoms with Crippen LogP contribution in [0.15, 0.2) is 18.2 Å². The van der Waals surface area contributed by atoms with E-state index in [-0.39, 0.29) is 0 Å². The molecule has 1 heteroatoms. The molecule has 0 amide bonds. The van der Waals surface area contributed by atoms with Gasteiger partial charge < -0.3 is 5.32 Å². The molecule has 108 valence electrons. The Kier molecular flexibility index (Phi) is 6.06. The minimum atomic E-state index is 0.367. The quantitative estimate of drug-likeness (QED) is 0.761. The van der Waals surface area contributed by atoms with E-state index in [9.17, 15) is 0 Å². The van der Waals surface area contributed by atoms with Crippen LogP contribution in [-0.2, 0) is 6.42 Å². The summed E-state index contributed by atoms with van der Waals surface area (Å²) in [5.74, 6) is 0.732. The normalized spacial score (nSPS) is 12.2. The maximum atomic E-state index is 3.59. The maximum Gasteiger partial charge on any atom is 0.000274 e. The third-order valence-electron chi connectivity index (χ3n) is 3.73. The fourth-order valence-corrected chi connectivity index (χ4v) is 2.39. The van der Waals surface area contributed by atoms with Gasteiger partial charge in [-0.25, -0.2) is 0 Å². The largest absolute Gasteiger partial charge is 0.316 e. The molecule has 0 radical (unpaired) electrons. The smallest absolute Gasteiger partial charge is 0.000274 e. The van der Waals surface area contributed by atoms with Crippen molar-refractivity contribution < 1.29 is 0 Å². The Morgan fingerprint density at radius 2 is 1.84 bits per heavy atom. The molecule has 0 heterocycles. The monoisotopic (exact) mass is 261 g/mol. The Bertz CT molecular complexity index is 391. The van der Waals surface area contributed by atoms with E-state index in [1.807, 2.05) is 0 Å². The minimum absolute atomic E-state index is 0.367. The Labute approximate surface area is 119 Å². The number of nitrogens with one attached hydrogen (secondary N) is 1. The molecule has 1 nitrogen and oxygen atoms in total. The van der Waals surface area contributed by atoms with Gasteiger partial charge in [0.15, 0.2) is 0 Å². The summed E-state index contributed by atoms with van der Waals surface area (Å²) in [6.07, 6.45) is 2.42. The van der Waals surface area contributed by atoms with E-state index in [2.05, 4.69) is 65.1 Å². The lowest BCUT2D eigenvalue weighted by Gasteiger charge is -2.26. The Balaban J connectivity index is 2.45. The number of hydrogen-bond acceptors (Lipinski definition) is 1. The van der Waals surface area contributed by atoms with Crippen molar-refractivity contribution in [3.8, 4) is 0 Å². The van der Waals surface area contributed by atoms with E-state index in [4.69, 9.17) is 0 Å². The van der Waals surface area contributed by atoms with E-state index in [1.165, 1.54) is 29.5 Å². The van der Waals surface area contributed by atoms with Gasteiger partial charge in [-0.05, 0) is 55.7 Å². The molecule has 1 aromatic carbocycles. The van der Waals surface area contributed by atoms with Crippen LogP contribution in [0.2, 0.25) is 0 Å². The van der Waals surface area contributed by atoms with E-state index in [0.29, 0.717) is 5.41 Å². The van der Waals surface area contributed by atoms with Gasteiger partial charge in [0.25, 0.3) is 0 Å². The van der Waals surface area contributed by atoms with Gasteiger partial charge in [0.2, 0.25) is 0 Å². The zero-order valence-corrected chi connectivity index (χ0v) is 13.6. The van der Waals surface area contributed by atoms with Crippen molar-refractivity contribution in [1.82, 2.24) is 5.32 Å². The molecule has 0 fully saturated rings. The first-order chi connectivity index (χ1) is 8.80. The van der Waals surface area contributed by atoms with Gasteiger partial charge in [-0.15, -0.1) is 0 Å². The van der Waals surface area contributed by atoms with Crippen molar-refractivity contribution >= 4 is 0 Å². The van der Waals surface area contributed by atoms with E-state index >= 15 is 0 Å². The van der Waals surface area contributed by atoms with E-state index < -0.39 is 0 Å². The van der Waals surface area contributed by atoms with Crippen LogP contribution in [0, 0.1) is 25.2 Å². The van der Waals surface area contributed by atoms with Crippen LogP contribution in [0.5, 0.6) is 0 Å². The highest BCUT2D eigenvalue weighted by atomic mass is 14.9. The van der Waals surface area contributed by atoms with Crippen LogP contribution in [-0.4, -0.2) is 13.1 Å². The molecule has 19 heavy (non-hydrogen) atoms. The molecule has 0 unspecified atom stereocenters. The van der Waals surface area contributed by atoms with E-state index in [0.717, 1.165) is 19.0 Å². The molecule has 1 N–H and O–H groups in total. The third-order valence-corrected chi connectivity index (χ3v) is 3.73. The van der Waals surface area contributed by atoms with Crippen molar-refractivity contribution in [3.63, 3.8) is 0 Å². The first kappa shape index (κ1) is 16.2. The van der Waals surface area contributed by atoms with Crippen LogP contribution < -0.4 is 5.32 Å². The lowest BCUT2D eigenvalue weighted by molar-refractivity contribution is 0.308. The second kappa shape index (κ2) is 7.09. The van der Waals surface area contributed by atoms with Gasteiger partial charge in [0, 0.05) is 6.54 Å². The molecule has 0 aliphatic rings. The van der Waals surface area contributed by atoms with Crippen molar-refractivity contribution in [2.75, 3.05) is 13.1 Å². The summed E-state index contributed by atoms with van der Waals surface area (Å²) in [4.78, 5) is 0. The molecule has 0 bridgehead atoms. The summed E-state index contributed by atoms with van der Waals surface area (Å²) in [6.45, 7) is 15.9. The van der Waals surface area contributed by atoms with Crippen LogP contribution >= 0.6 is 0 Å². The topological polar surface area (TPSA) is 12.0 Å². The molecular weight excluding hydrogens is 230 g/mol. The number of benzene rings is 1. The van der Waals surface area contributed by atoms with Gasteiger partial charge >= 0.3 is 0 Å². The molecule has 0 saturated heterocycles. The first-order valence-electron chi connectivity index (χ1n) is 7.57. The molecule has 1 aromatic rings. The van der Waals surface area contributed by atoms with Gasteiger partial charge in [-0.3, -0.25) is 0 Å². The summed E-state index contributed by atoms with van der Waals surface area (Å²) in [5.41, 5.74) is 4.67. The van der Waals surface area contributed by atoms with E-state index in [1.54, 1.807) is 0 Å². The number of hydrogen-bond donors (Lipinski definition) is 1. The zero-order valence-electron chi connectivity index (χ0n) is 13.6. The van der Waals surface area contributed by atoms with Crippen LogP contribution in [0.3, 0.4) is 0 Å². The summed E-state index contributed by atoms with van der Waals surface area (Å²) in [6, 6.07) is 6.81. The third kappa shape index (κ3) is 6.24. The number of aryl methyl sites for hydroxylation is 3. The highest BCUT2D eigenvalue weighted by Crippen LogP contribution is 2.23. The highest BCUT2D eigenvalue weighted by molar-refractivity contribution is 5.30. The molecule has 1 rings (SSSR count). The SMILES string of the molecule is Cc1ccc(CCC(C)(C)CNCC(C)C)c(C)c1. The average Bonchev–Trinajstić information content (AvgIpc) is 2.27. The Morgan fingerprint density at radius 1 is 1.16 bits per heavy atom. The van der Waals surface area contributed by atoms with Crippen LogP contribution in [0.1, 0.15) is 50.8 Å². The van der Waals surface area contributed by atoms with Gasteiger partial charge in [-0.2, -0.15) is 0 Å². The summed E-state index contributed by atoms with van der Waals surface area (Å²) in [7, 11) is 0. The Morgan fingerprint density at radius 3 is 2.42 bits per heavy atom. The molecular formula is C18H31N. The molecule has 0 aliphatic heterocycles. The lowest BCUT2D eigenvalue weighted by Crippen LogP contribution is -2.32.